The van der Waals surface area contributed by atoms with Crippen molar-refractivity contribution in [1.82, 2.24) is 4.98 Å². The first kappa shape index (κ1) is 10.3. The first-order valence-electron chi connectivity index (χ1n) is 3.52. The Balaban J connectivity index is 3.37. The summed E-state index contributed by atoms with van der Waals surface area (Å²) in [5.41, 5.74) is -1.51. The Hall–Kier alpha value is -1.77. The maximum atomic E-state index is 13.1. The van der Waals surface area contributed by atoms with Crippen LogP contribution in [0.2, 0.25) is 0 Å². The van der Waals surface area contributed by atoms with E-state index in [0.717, 1.165) is 0 Å². The normalized spacial score (nSPS) is 10.0. The van der Waals surface area contributed by atoms with Crippen molar-refractivity contribution in [3.05, 3.63) is 23.1 Å². The standard InChI is InChI=1S/C8H5F3N2O/c1-14-8-4(2-12)6(9)5(3-13-8)7(10)11/h3,7H,1H3. The van der Waals surface area contributed by atoms with Crippen molar-refractivity contribution >= 4 is 0 Å². The molecule has 0 aromatic carbocycles. The molecule has 6 heteroatoms. The number of aromatic nitrogens is 1. The number of hydrogen-bond donors (Lipinski definition) is 0. The molecule has 0 radical (unpaired) electrons. The maximum absolute atomic E-state index is 13.1. The summed E-state index contributed by atoms with van der Waals surface area (Å²) in [6, 6.07) is 1.41. The van der Waals surface area contributed by atoms with Gasteiger partial charge in [0.05, 0.1) is 12.7 Å². The van der Waals surface area contributed by atoms with Gasteiger partial charge in [0, 0.05) is 6.20 Å². The lowest BCUT2D eigenvalue weighted by molar-refractivity contribution is 0.145. The topological polar surface area (TPSA) is 45.9 Å². The molecule has 0 fully saturated rings. The summed E-state index contributed by atoms with van der Waals surface area (Å²) in [7, 11) is 1.17. The van der Waals surface area contributed by atoms with Gasteiger partial charge in [0.15, 0.2) is 11.4 Å². The van der Waals surface area contributed by atoms with E-state index in [1.54, 1.807) is 0 Å². The summed E-state index contributed by atoms with van der Waals surface area (Å²) in [6.45, 7) is 0. The summed E-state index contributed by atoms with van der Waals surface area (Å²) >= 11 is 0. The van der Waals surface area contributed by atoms with Gasteiger partial charge in [0.25, 0.3) is 6.43 Å². The molecular formula is C8H5F3N2O. The molecule has 3 nitrogen and oxygen atoms in total. The number of rotatable bonds is 2. The van der Waals surface area contributed by atoms with Gasteiger partial charge in [-0.2, -0.15) is 5.26 Å². The number of ether oxygens (including phenoxy) is 1. The molecule has 0 aliphatic heterocycles. The number of nitriles is 1. The molecule has 0 atom stereocenters. The second-order valence-electron chi connectivity index (χ2n) is 2.32. The molecule has 1 aromatic rings. The number of hydrogen-bond acceptors (Lipinski definition) is 3. The minimum atomic E-state index is -3.00. The van der Waals surface area contributed by atoms with E-state index in [2.05, 4.69) is 9.72 Å². The Morgan fingerprint density at radius 3 is 2.64 bits per heavy atom. The largest absolute Gasteiger partial charge is 0.480 e. The third-order valence-electron chi connectivity index (χ3n) is 1.55. The fraction of sp³-hybridized carbons (Fsp3) is 0.250. The van der Waals surface area contributed by atoms with Crippen molar-refractivity contribution in [2.45, 2.75) is 6.43 Å². The molecule has 0 saturated carbocycles. The van der Waals surface area contributed by atoms with Crippen molar-refractivity contribution in [2.24, 2.45) is 0 Å². The lowest BCUT2D eigenvalue weighted by atomic mass is 10.2. The Labute approximate surface area is 77.7 Å². The van der Waals surface area contributed by atoms with Gasteiger partial charge < -0.3 is 4.74 Å². The van der Waals surface area contributed by atoms with Crippen molar-refractivity contribution < 1.29 is 17.9 Å². The van der Waals surface area contributed by atoms with Gasteiger partial charge in [-0.05, 0) is 0 Å². The van der Waals surface area contributed by atoms with Gasteiger partial charge in [0.1, 0.15) is 6.07 Å². The first-order chi connectivity index (χ1) is 6.61. The van der Waals surface area contributed by atoms with Gasteiger partial charge in [-0.3, -0.25) is 0 Å². The van der Waals surface area contributed by atoms with Crippen LogP contribution in [0.15, 0.2) is 6.20 Å². The van der Waals surface area contributed by atoms with E-state index in [9.17, 15) is 13.2 Å². The van der Waals surface area contributed by atoms with Crippen LogP contribution >= 0.6 is 0 Å². The smallest absolute Gasteiger partial charge is 0.268 e. The van der Waals surface area contributed by atoms with Crippen molar-refractivity contribution in [2.75, 3.05) is 7.11 Å². The Kier molecular flexibility index (Phi) is 2.92. The summed E-state index contributed by atoms with van der Waals surface area (Å²) < 4.78 is 42.0. The average molecular weight is 202 g/mol. The van der Waals surface area contributed by atoms with Crippen LogP contribution < -0.4 is 4.74 Å². The van der Waals surface area contributed by atoms with Crippen molar-refractivity contribution in [3.8, 4) is 11.9 Å². The van der Waals surface area contributed by atoms with Crippen molar-refractivity contribution in [1.29, 1.82) is 5.26 Å². The van der Waals surface area contributed by atoms with E-state index in [1.807, 2.05) is 0 Å². The summed E-state index contributed by atoms with van der Waals surface area (Å²) in [5, 5.41) is 8.48. The van der Waals surface area contributed by atoms with E-state index in [0.29, 0.717) is 6.20 Å². The molecular weight excluding hydrogens is 197 g/mol. The molecule has 0 N–H and O–H groups in total. The van der Waals surface area contributed by atoms with Gasteiger partial charge in [-0.15, -0.1) is 0 Å². The third-order valence-corrected chi connectivity index (χ3v) is 1.55. The van der Waals surface area contributed by atoms with Crippen LogP contribution in [0.1, 0.15) is 17.6 Å². The lowest BCUT2D eigenvalue weighted by Gasteiger charge is -2.05. The fourth-order valence-electron chi connectivity index (χ4n) is 0.891. The Bertz CT molecular complexity index is 387. The molecule has 0 aliphatic carbocycles. The van der Waals surface area contributed by atoms with E-state index in [1.165, 1.54) is 13.2 Å². The Morgan fingerprint density at radius 1 is 1.57 bits per heavy atom. The molecule has 0 unspecified atom stereocenters. The van der Waals surface area contributed by atoms with Crippen LogP contribution in [0.5, 0.6) is 5.88 Å². The molecule has 0 bridgehead atoms. The van der Waals surface area contributed by atoms with Gasteiger partial charge in [-0.25, -0.2) is 18.2 Å². The molecule has 14 heavy (non-hydrogen) atoms. The van der Waals surface area contributed by atoms with Crippen LogP contribution in [0.25, 0.3) is 0 Å². The zero-order chi connectivity index (χ0) is 10.7. The van der Waals surface area contributed by atoms with E-state index in [4.69, 9.17) is 5.26 Å². The number of halogens is 3. The summed E-state index contributed by atoms with van der Waals surface area (Å²) in [6.07, 6.45) is -2.35. The first-order valence-corrected chi connectivity index (χ1v) is 3.52. The third kappa shape index (κ3) is 1.62. The molecule has 0 spiro atoms. The van der Waals surface area contributed by atoms with E-state index in [-0.39, 0.29) is 5.88 Å². The second-order valence-corrected chi connectivity index (χ2v) is 2.32. The fourth-order valence-corrected chi connectivity index (χ4v) is 0.891. The number of nitrogens with zero attached hydrogens (tertiary/aromatic N) is 2. The van der Waals surface area contributed by atoms with Crippen molar-refractivity contribution in [3.63, 3.8) is 0 Å². The number of alkyl halides is 2. The highest BCUT2D eigenvalue weighted by Gasteiger charge is 2.20. The highest BCUT2D eigenvalue weighted by molar-refractivity contribution is 5.41. The SMILES string of the molecule is COc1ncc(C(F)F)c(F)c1C#N. The van der Waals surface area contributed by atoms with Crippen LogP contribution in [0.3, 0.4) is 0 Å². The highest BCUT2D eigenvalue weighted by Crippen LogP contribution is 2.27. The average Bonchev–Trinajstić information content (AvgIpc) is 2.16. The molecule has 1 aromatic heterocycles. The van der Waals surface area contributed by atoms with Crippen LogP contribution in [0.4, 0.5) is 13.2 Å². The minimum absolute atomic E-state index is 0.297. The van der Waals surface area contributed by atoms with Crippen LogP contribution in [0, 0.1) is 17.1 Å². The predicted octanol–water partition coefficient (Wildman–Crippen LogP) is 2.04. The quantitative estimate of drug-likeness (QED) is 0.737. The van der Waals surface area contributed by atoms with Gasteiger partial charge >= 0.3 is 0 Å². The Morgan fingerprint density at radius 2 is 2.21 bits per heavy atom. The van der Waals surface area contributed by atoms with E-state index >= 15 is 0 Å². The highest BCUT2D eigenvalue weighted by atomic mass is 19.3. The monoisotopic (exact) mass is 202 g/mol. The maximum Gasteiger partial charge on any atom is 0.268 e. The van der Waals surface area contributed by atoms with Gasteiger partial charge in [-0.1, -0.05) is 0 Å². The molecule has 0 saturated heterocycles. The minimum Gasteiger partial charge on any atom is -0.480 e. The summed E-state index contributed by atoms with van der Waals surface area (Å²) in [4.78, 5) is 3.39. The van der Waals surface area contributed by atoms with Gasteiger partial charge in [0.2, 0.25) is 5.88 Å². The van der Waals surface area contributed by atoms with Crippen LogP contribution in [-0.4, -0.2) is 12.1 Å². The lowest BCUT2D eigenvalue weighted by Crippen LogP contribution is -2.00. The number of pyridine rings is 1. The van der Waals surface area contributed by atoms with E-state index < -0.39 is 23.4 Å². The molecule has 1 rings (SSSR count). The van der Waals surface area contributed by atoms with Crippen LogP contribution in [-0.2, 0) is 0 Å². The number of methoxy groups -OCH3 is 1. The molecule has 1 heterocycles. The summed E-state index contributed by atoms with van der Waals surface area (Å²) in [5.74, 6) is -1.58. The zero-order valence-corrected chi connectivity index (χ0v) is 7.09. The zero-order valence-electron chi connectivity index (χ0n) is 7.09. The second kappa shape index (κ2) is 3.96. The molecule has 74 valence electrons. The molecule has 0 amide bonds. The molecule has 0 aliphatic rings. The predicted molar refractivity (Wildman–Crippen MR) is 40.4 cm³/mol.